The monoisotopic (exact) mass is 543 g/mol. The van der Waals surface area contributed by atoms with Crippen LogP contribution in [-0.2, 0) is 17.6 Å². The Morgan fingerprint density at radius 1 is 0.590 bits per heavy atom. The smallest absolute Gasteiger partial charge is 0.369 e. The van der Waals surface area contributed by atoms with Gasteiger partial charge in [-0.3, -0.25) is 0 Å². The molecule has 4 rings (SSSR count). The van der Waals surface area contributed by atoms with Crippen LogP contribution < -0.4 is 5.32 Å². The van der Waals surface area contributed by atoms with Crippen molar-refractivity contribution < 1.29 is 31.4 Å². The largest absolute Gasteiger partial charge is 0.430 e. The van der Waals surface area contributed by atoms with Gasteiger partial charge < -0.3 is 10.4 Å². The zero-order valence-electron chi connectivity index (χ0n) is 21.0. The molecule has 204 valence electrons. The van der Waals surface area contributed by atoms with Crippen LogP contribution in [0.5, 0.6) is 0 Å². The van der Waals surface area contributed by atoms with Crippen molar-refractivity contribution in [3.8, 4) is 0 Å². The maximum Gasteiger partial charge on any atom is 0.430 e. The normalized spacial score (nSPS) is 12.8. The topological polar surface area (TPSA) is 32.3 Å². The molecule has 0 aliphatic heterocycles. The van der Waals surface area contributed by atoms with Crippen molar-refractivity contribution in [3.63, 3.8) is 0 Å². The lowest BCUT2D eigenvalue weighted by molar-refractivity contribution is -0.376. The number of halogens is 6. The Bertz CT molecular complexity index is 1260. The van der Waals surface area contributed by atoms with Gasteiger partial charge in [0.1, 0.15) is 5.54 Å². The summed E-state index contributed by atoms with van der Waals surface area (Å²) in [5.41, 5.74) is -4.31. The third-order valence-electron chi connectivity index (χ3n) is 6.81. The van der Waals surface area contributed by atoms with Gasteiger partial charge in [0.2, 0.25) is 0 Å². The zero-order valence-corrected chi connectivity index (χ0v) is 21.0. The molecule has 0 bridgehead atoms. The number of nitrogens with one attached hydrogen (secondary N) is 1. The first-order valence-corrected chi connectivity index (χ1v) is 12.4. The molecule has 0 saturated heterocycles. The predicted molar refractivity (Wildman–Crippen MR) is 139 cm³/mol. The molecular weight excluding hydrogens is 516 g/mol. The number of alkyl halides is 6. The summed E-state index contributed by atoms with van der Waals surface area (Å²) in [6.07, 6.45) is -11.3. The van der Waals surface area contributed by atoms with Crippen LogP contribution in [0, 0.1) is 0 Å². The molecule has 39 heavy (non-hydrogen) atoms. The number of hydrogen-bond acceptors (Lipinski definition) is 2. The fourth-order valence-electron chi connectivity index (χ4n) is 4.89. The maximum absolute atomic E-state index is 13.7. The first kappa shape index (κ1) is 28.2. The van der Waals surface area contributed by atoms with Crippen LogP contribution in [0.1, 0.15) is 41.2 Å². The first-order valence-electron chi connectivity index (χ1n) is 12.4. The Hall–Kier alpha value is -3.78. The third kappa shape index (κ3) is 5.13. The second-order valence-corrected chi connectivity index (χ2v) is 9.30. The van der Waals surface area contributed by atoms with Crippen LogP contribution in [0.15, 0.2) is 109 Å². The van der Waals surface area contributed by atoms with Gasteiger partial charge >= 0.3 is 12.4 Å². The van der Waals surface area contributed by atoms with Crippen molar-refractivity contribution in [1.82, 2.24) is 0 Å². The average molecular weight is 544 g/mol. The summed E-state index contributed by atoms with van der Waals surface area (Å²) in [7, 11) is 0. The van der Waals surface area contributed by atoms with Crippen LogP contribution in [-0.4, -0.2) is 17.5 Å². The van der Waals surface area contributed by atoms with Crippen LogP contribution in [0.2, 0.25) is 0 Å². The van der Waals surface area contributed by atoms with Gasteiger partial charge in [-0.1, -0.05) is 116 Å². The lowest BCUT2D eigenvalue weighted by Crippen LogP contribution is -2.54. The van der Waals surface area contributed by atoms with E-state index in [0.717, 1.165) is 22.8 Å². The molecule has 0 aliphatic rings. The number of aliphatic hydroxyl groups is 1. The van der Waals surface area contributed by atoms with Gasteiger partial charge in [-0.2, -0.15) is 26.3 Å². The van der Waals surface area contributed by atoms with Crippen molar-refractivity contribution in [2.45, 2.75) is 43.3 Å². The highest BCUT2D eigenvalue weighted by molar-refractivity contribution is 5.64. The van der Waals surface area contributed by atoms with Gasteiger partial charge in [0.15, 0.2) is 0 Å². The van der Waals surface area contributed by atoms with E-state index >= 15 is 0 Å². The first-order chi connectivity index (χ1) is 18.4. The molecule has 2 N–H and O–H groups in total. The second-order valence-electron chi connectivity index (χ2n) is 9.30. The molecular formula is C31H27F6NO. The summed E-state index contributed by atoms with van der Waals surface area (Å²) in [5, 5.41) is 13.5. The highest BCUT2D eigenvalue weighted by Gasteiger charge is 2.71. The van der Waals surface area contributed by atoms with Gasteiger partial charge in [0.05, 0.1) is 0 Å². The number of hydrogen-bond donors (Lipinski definition) is 2. The second kappa shape index (κ2) is 10.8. The molecule has 0 fully saturated rings. The lowest BCUT2D eigenvalue weighted by Gasteiger charge is -2.39. The van der Waals surface area contributed by atoms with E-state index in [0.29, 0.717) is 18.2 Å². The fraction of sp³-hybridized carbons (Fsp3) is 0.226. The number of anilines is 1. The molecule has 0 radical (unpaired) electrons. The van der Waals surface area contributed by atoms with Crippen LogP contribution in [0.25, 0.3) is 0 Å². The Kier molecular flexibility index (Phi) is 7.80. The van der Waals surface area contributed by atoms with E-state index in [4.69, 9.17) is 0 Å². The van der Waals surface area contributed by atoms with E-state index in [9.17, 15) is 31.4 Å². The number of aryl methyl sites for hydroxylation is 1. The van der Waals surface area contributed by atoms with E-state index in [-0.39, 0.29) is 12.0 Å². The molecule has 8 heteroatoms. The molecule has 0 amide bonds. The molecule has 4 aromatic carbocycles. The Morgan fingerprint density at radius 2 is 1.00 bits per heavy atom. The molecule has 4 aromatic rings. The van der Waals surface area contributed by atoms with Gasteiger partial charge in [-0.25, -0.2) is 0 Å². The van der Waals surface area contributed by atoms with Crippen LogP contribution in [0.3, 0.4) is 0 Å². The minimum atomic E-state index is -5.97. The number of rotatable bonds is 8. The minimum absolute atomic E-state index is 0.177. The summed E-state index contributed by atoms with van der Waals surface area (Å²) in [4.78, 5) is 0. The molecule has 0 saturated carbocycles. The van der Waals surface area contributed by atoms with E-state index in [1.165, 1.54) is 6.07 Å². The van der Waals surface area contributed by atoms with Gasteiger partial charge in [-0.05, 0) is 34.7 Å². The standard InChI is InChI=1S/C31H27F6NO/c1-2-12-22-21-26(29(39,30(32,33)34)31(35,36)37)19-20-27(22)38-28(23-13-6-3-7-14-23,24-15-8-4-9-16-24)25-17-10-5-11-18-25/h3-11,13-21,38-39H,2,12H2,1H3. The van der Waals surface area contributed by atoms with E-state index < -0.39 is 29.1 Å². The summed E-state index contributed by atoms with van der Waals surface area (Å²) in [6.45, 7) is 1.77. The third-order valence-corrected chi connectivity index (χ3v) is 6.81. The minimum Gasteiger partial charge on any atom is -0.369 e. The summed E-state index contributed by atoms with van der Waals surface area (Å²) >= 11 is 0. The van der Waals surface area contributed by atoms with E-state index in [1.54, 1.807) is 6.92 Å². The molecule has 2 nitrogen and oxygen atoms in total. The highest BCUT2D eigenvalue weighted by Crippen LogP contribution is 2.51. The quantitative estimate of drug-likeness (QED) is 0.173. The average Bonchev–Trinajstić information content (AvgIpc) is 2.92. The molecule has 0 aromatic heterocycles. The molecule has 0 unspecified atom stereocenters. The Morgan fingerprint density at radius 3 is 1.36 bits per heavy atom. The molecule has 0 atom stereocenters. The Balaban J connectivity index is 1.98. The maximum atomic E-state index is 13.7. The summed E-state index contributed by atoms with van der Waals surface area (Å²) < 4.78 is 81.9. The van der Waals surface area contributed by atoms with Gasteiger partial charge in [0, 0.05) is 11.3 Å². The van der Waals surface area contributed by atoms with E-state index in [2.05, 4.69) is 5.32 Å². The summed E-state index contributed by atoms with van der Waals surface area (Å²) in [6, 6.07) is 30.9. The Labute approximate surface area is 222 Å². The van der Waals surface area contributed by atoms with Crippen molar-refractivity contribution in [2.75, 3.05) is 5.32 Å². The SMILES string of the molecule is CCCc1cc(C(O)(C(F)(F)F)C(F)(F)F)ccc1NC(c1ccccc1)(c1ccccc1)c1ccccc1. The van der Waals surface area contributed by atoms with Crippen molar-refractivity contribution in [1.29, 1.82) is 0 Å². The predicted octanol–water partition coefficient (Wildman–Crippen LogP) is 8.36. The van der Waals surface area contributed by atoms with E-state index in [1.807, 2.05) is 91.0 Å². The van der Waals surface area contributed by atoms with Crippen LogP contribution in [0.4, 0.5) is 32.0 Å². The number of benzene rings is 4. The molecule has 0 heterocycles. The highest BCUT2D eigenvalue weighted by atomic mass is 19.4. The van der Waals surface area contributed by atoms with Crippen molar-refractivity contribution in [2.24, 2.45) is 0 Å². The van der Waals surface area contributed by atoms with Crippen molar-refractivity contribution in [3.05, 3.63) is 137 Å². The molecule has 0 aliphatic carbocycles. The molecule has 0 spiro atoms. The summed E-state index contributed by atoms with van der Waals surface area (Å²) in [5.74, 6) is 0. The fourth-order valence-corrected chi connectivity index (χ4v) is 4.89. The van der Waals surface area contributed by atoms with Crippen molar-refractivity contribution >= 4 is 5.69 Å². The lowest BCUT2D eigenvalue weighted by atomic mass is 9.76. The zero-order chi connectivity index (χ0) is 28.3. The van der Waals surface area contributed by atoms with Gasteiger partial charge in [-0.15, -0.1) is 0 Å². The van der Waals surface area contributed by atoms with Crippen LogP contribution >= 0.6 is 0 Å². The van der Waals surface area contributed by atoms with Gasteiger partial charge in [0.25, 0.3) is 5.60 Å².